The summed E-state index contributed by atoms with van der Waals surface area (Å²) in [4.78, 5) is 6.10. The fraction of sp³-hybridized carbons (Fsp3) is 0.467. The normalized spacial score (nSPS) is 13.1. The van der Waals surface area contributed by atoms with Crippen LogP contribution < -0.4 is 0 Å². The molecule has 21 heavy (non-hydrogen) atoms. The predicted octanol–water partition coefficient (Wildman–Crippen LogP) is 3.94. The summed E-state index contributed by atoms with van der Waals surface area (Å²) in [6.07, 6.45) is 1.87. The van der Waals surface area contributed by atoms with Crippen molar-refractivity contribution in [3.8, 4) is 0 Å². The number of rotatable bonds is 5. The van der Waals surface area contributed by atoms with Crippen LogP contribution in [0, 0.1) is 0 Å². The molecule has 1 unspecified atom stereocenters. The van der Waals surface area contributed by atoms with Gasteiger partial charge in [0.15, 0.2) is 5.65 Å². The van der Waals surface area contributed by atoms with Crippen molar-refractivity contribution in [3.05, 3.63) is 33.9 Å². The summed E-state index contributed by atoms with van der Waals surface area (Å²) in [6.45, 7) is 4.33. The average Bonchev–Trinajstić information content (AvgIpc) is 3.15. The van der Waals surface area contributed by atoms with Crippen LogP contribution in [0.1, 0.15) is 36.3 Å². The molecule has 6 heteroatoms. The minimum atomic E-state index is 0.308. The summed E-state index contributed by atoms with van der Waals surface area (Å²) in [7, 11) is 1.98. The molecule has 0 spiro atoms. The van der Waals surface area contributed by atoms with Gasteiger partial charge in [0, 0.05) is 24.4 Å². The molecule has 0 N–H and O–H groups in total. The molecule has 1 atom stereocenters. The molecule has 0 bridgehead atoms. The maximum absolute atomic E-state index is 6.12. The number of aryl methyl sites for hydroxylation is 2. The van der Waals surface area contributed by atoms with Crippen LogP contribution in [-0.2, 0) is 25.8 Å². The van der Waals surface area contributed by atoms with Crippen molar-refractivity contribution in [2.24, 2.45) is 7.05 Å². The van der Waals surface area contributed by atoms with E-state index in [4.69, 9.17) is 16.6 Å². The summed E-state index contributed by atoms with van der Waals surface area (Å²) >= 11 is 7.92. The van der Waals surface area contributed by atoms with Gasteiger partial charge in [0.2, 0.25) is 0 Å². The number of hydrogen-bond donors (Lipinski definition) is 0. The summed E-state index contributed by atoms with van der Waals surface area (Å²) in [6, 6.07) is 4.58. The average molecular weight is 323 g/mol. The third-order valence-electron chi connectivity index (χ3n) is 3.78. The smallest absolute Gasteiger partial charge is 0.158 e. The molecular formula is C15H19ClN4S. The fourth-order valence-electron chi connectivity index (χ4n) is 2.85. The van der Waals surface area contributed by atoms with Crippen molar-refractivity contribution < 1.29 is 0 Å². The maximum Gasteiger partial charge on any atom is 0.158 e. The monoisotopic (exact) mass is 322 g/mol. The highest BCUT2D eigenvalue weighted by Gasteiger charge is 2.21. The zero-order valence-corrected chi connectivity index (χ0v) is 14.1. The highest BCUT2D eigenvalue weighted by molar-refractivity contribution is 7.09. The molecule has 0 amide bonds. The van der Waals surface area contributed by atoms with E-state index >= 15 is 0 Å². The Labute approximate surface area is 133 Å². The van der Waals surface area contributed by atoms with Gasteiger partial charge in [-0.15, -0.1) is 22.9 Å². The Kier molecular flexibility index (Phi) is 4.04. The molecule has 0 saturated carbocycles. The molecule has 3 aromatic rings. The zero-order chi connectivity index (χ0) is 15.0. The molecule has 3 aromatic heterocycles. The molecule has 0 aromatic carbocycles. The number of nitrogens with zero attached hydrogens (tertiary/aromatic N) is 4. The van der Waals surface area contributed by atoms with E-state index in [0.717, 1.165) is 35.5 Å². The second-order valence-corrected chi connectivity index (χ2v) is 6.56. The van der Waals surface area contributed by atoms with Gasteiger partial charge in [0.25, 0.3) is 0 Å². The summed E-state index contributed by atoms with van der Waals surface area (Å²) < 4.78 is 4.18. The Hall–Kier alpha value is -1.33. The first-order chi connectivity index (χ1) is 10.2. The third kappa shape index (κ3) is 2.49. The Morgan fingerprint density at radius 3 is 2.86 bits per heavy atom. The quantitative estimate of drug-likeness (QED) is 0.667. The molecule has 0 fully saturated rings. The van der Waals surface area contributed by atoms with Gasteiger partial charge in [-0.05, 0) is 24.8 Å². The molecule has 0 aliphatic carbocycles. The number of imidazole rings is 1. The van der Waals surface area contributed by atoms with E-state index in [-0.39, 0.29) is 0 Å². The highest BCUT2D eigenvalue weighted by Crippen LogP contribution is 2.27. The van der Waals surface area contributed by atoms with E-state index in [2.05, 4.69) is 41.0 Å². The van der Waals surface area contributed by atoms with Crippen LogP contribution in [0.4, 0.5) is 0 Å². The Bertz CT molecular complexity index is 741. The lowest BCUT2D eigenvalue weighted by molar-refractivity contribution is 0.533. The van der Waals surface area contributed by atoms with E-state index in [1.54, 1.807) is 11.3 Å². The Morgan fingerprint density at radius 1 is 1.43 bits per heavy atom. The number of hydrogen-bond acceptors (Lipinski definition) is 3. The first-order valence-corrected chi connectivity index (χ1v) is 8.58. The van der Waals surface area contributed by atoms with Gasteiger partial charge in [-0.3, -0.25) is 4.68 Å². The second kappa shape index (κ2) is 5.81. The lowest BCUT2D eigenvalue weighted by Crippen LogP contribution is -2.13. The van der Waals surface area contributed by atoms with Crippen molar-refractivity contribution in [2.75, 3.05) is 0 Å². The molecule has 0 radical (unpaired) electrons. The highest BCUT2D eigenvalue weighted by atomic mass is 35.5. The van der Waals surface area contributed by atoms with E-state index < -0.39 is 0 Å². The van der Waals surface area contributed by atoms with Gasteiger partial charge < -0.3 is 4.57 Å². The van der Waals surface area contributed by atoms with Gasteiger partial charge >= 0.3 is 0 Å². The zero-order valence-electron chi connectivity index (χ0n) is 12.5. The molecule has 3 heterocycles. The second-order valence-electron chi connectivity index (χ2n) is 5.26. The SMILES string of the molecule is CCc1nn(C)c2c1nc(CCl)n2C(C)Cc1cccs1. The van der Waals surface area contributed by atoms with Crippen molar-refractivity contribution in [1.82, 2.24) is 19.3 Å². The van der Waals surface area contributed by atoms with Crippen molar-refractivity contribution >= 4 is 34.1 Å². The van der Waals surface area contributed by atoms with Crippen molar-refractivity contribution in [2.45, 2.75) is 38.6 Å². The minimum Gasteiger partial charge on any atom is -0.309 e. The van der Waals surface area contributed by atoms with Crippen LogP contribution in [0.5, 0.6) is 0 Å². The van der Waals surface area contributed by atoms with Gasteiger partial charge in [-0.2, -0.15) is 5.10 Å². The maximum atomic E-state index is 6.12. The number of alkyl halides is 1. The molecule has 0 saturated heterocycles. The van der Waals surface area contributed by atoms with Gasteiger partial charge in [0.05, 0.1) is 11.6 Å². The van der Waals surface area contributed by atoms with Gasteiger partial charge in [-0.1, -0.05) is 13.0 Å². The summed E-state index contributed by atoms with van der Waals surface area (Å²) in [5.74, 6) is 1.35. The summed E-state index contributed by atoms with van der Waals surface area (Å²) in [5, 5.41) is 6.69. The molecule has 3 rings (SSSR count). The molecule has 0 aliphatic rings. The van der Waals surface area contributed by atoms with Crippen LogP contribution in [-0.4, -0.2) is 19.3 Å². The largest absolute Gasteiger partial charge is 0.309 e. The number of thiophene rings is 1. The predicted molar refractivity (Wildman–Crippen MR) is 88.2 cm³/mol. The molecule has 112 valence electrons. The van der Waals surface area contributed by atoms with E-state index in [0.29, 0.717) is 11.9 Å². The van der Waals surface area contributed by atoms with Crippen LogP contribution in [0.2, 0.25) is 0 Å². The van der Waals surface area contributed by atoms with Crippen molar-refractivity contribution in [1.29, 1.82) is 0 Å². The molecule has 4 nitrogen and oxygen atoms in total. The van der Waals surface area contributed by atoms with Gasteiger partial charge in [-0.25, -0.2) is 4.98 Å². The Balaban J connectivity index is 2.09. The molecular weight excluding hydrogens is 304 g/mol. The molecule has 0 aliphatic heterocycles. The standard InChI is InChI=1S/C15H19ClN4S/c1-4-12-14-15(19(3)18-12)20(13(9-16)17-14)10(2)8-11-6-5-7-21-11/h5-7,10H,4,8-9H2,1-3H3. The first-order valence-electron chi connectivity index (χ1n) is 7.16. The van der Waals surface area contributed by atoms with Gasteiger partial charge in [0.1, 0.15) is 11.3 Å². The first kappa shape index (κ1) is 14.6. The Morgan fingerprint density at radius 2 is 2.24 bits per heavy atom. The fourth-order valence-corrected chi connectivity index (χ4v) is 3.87. The van der Waals surface area contributed by atoms with Crippen LogP contribution in [0.15, 0.2) is 17.5 Å². The summed E-state index contributed by atoms with van der Waals surface area (Å²) in [5.41, 5.74) is 3.11. The topological polar surface area (TPSA) is 35.6 Å². The lowest BCUT2D eigenvalue weighted by Gasteiger charge is -2.16. The van der Waals surface area contributed by atoms with Crippen LogP contribution >= 0.6 is 22.9 Å². The van der Waals surface area contributed by atoms with E-state index in [9.17, 15) is 0 Å². The lowest BCUT2D eigenvalue weighted by atomic mass is 10.2. The van der Waals surface area contributed by atoms with E-state index in [1.807, 2.05) is 11.7 Å². The van der Waals surface area contributed by atoms with Crippen LogP contribution in [0.3, 0.4) is 0 Å². The number of aromatic nitrogens is 4. The van der Waals surface area contributed by atoms with Crippen molar-refractivity contribution in [3.63, 3.8) is 0 Å². The number of fused-ring (bicyclic) bond motifs is 1. The third-order valence-corrected chi connectivity index (χ3v) is 4.92. The minimum absolute atomic E-state index is 0.308. The number of halogens is 1. The van der Waals surface area contributed by atoms with Crippen LogP contribution in [0.25, 0.3) is 11.2 Å². The van der Waals surface area contributed by atoms with E-state index in [1.165, 1.54) is 4.88 Å².